The molecule has 1 radical (unpaired) electrons. The summed E-state index contributed by atoms with van der Waals surface area (Å²) in [5.41, 5.74) is 0.281. The first-order valence-electron chi connectivity index (χ1n) is 10.2. The summed E-state index contributed by atoms with van der Waals surface area (Å²) in [6.07, 6.45) is 13.5. The van der Waals surface area contributed by atoms with Crippen molar-refractivity contribution in [1.82, 2.24) is 0 Å². The molecule has 1 aliphatic carbocycles. The molecule has 6 nitrogen and oxygen atoms in total. The van der Waals surface area contributed by atoms with Crippen molar-refractivity contribution in [1.29, 1.82) is 0 Å². The van der Waals surface area contributed by atoms with Gasteiger partial charge in [-0.05, 0) is 25.0 Å². The lowest BCUT2D eigenvalue weighted by Crippen LogP contribution is -2.12. The highest BCUT2D eigenvalue weighted by molar-refractivity contribution is 5.90. The Hall–Kier alpha value is -1.95. The Morgan fingerprint density at radius 3 is 1.61 bits per heavy atom. The summed E-state index contributed by atoms with van der Waals surface area (Å²) in [5.74, 6) is 0.633. The van der Waals surface area contributed by atoms with Gasteiger partial charge in [0.1, 0.15) is 6.10 Å². The fourth-order valence-electron chi connectivity index (χ4n) is 3.43. The number of hydrogen-bond donors (Lipinski definition) is 0. The number of benzene rings is 1. The summed E-state index contributed by atoms with van der Waals surface area (Å²) in [6, 6.07) is 3.11. The average molecular weight is 394 g/mol. The second-order valence-corrected chi connectivity index (χ2v) is 7.09. The molecule has 1 fully saturated rings. The van der Waals surface area contributed by atoms with Gasteiger partial charge >= 0.3 is 5.97 Å². The molecule has 0 saturated heterocycles. The van der Waals surface area contributed by atoms with Gasteiger partial charge in [0.05, 0.1) is 26.9 Å². The lowest BCUT2D eigenvalue weighted by atomic mass is 9.99. The third kappa shape index (κ3) is 6.89. The molecule has 0 amide bonds. The summed E-state index contributed by atoms with van der Waals surface area (Å²) < 4.78 is 15.8. The number of methoxy groups -OCH3 is 3. The van der Waals surface area contributed by atoms with E-state index in [0.29, 0.717) is 17.2 Å². The lowest BCUT2D eigenvalue weighted by Gasteiger charge is -2.17. The minimum absolute atomic E-state index is 0.281. The normalized spacial score (nSPS) is 17.1. The zero-order valence-electron chi connectivity index (χ0n) is 17.4. The number of carbonyl (C=O) groups is 1. The summed E-state index contributed by atoms with van der Waals surface area (Å²) in [6.45, 7) is 0. The van der Waals surface area contributed by atoms with Gasteiger partial charge in [0, 0.05) is 0 Å². The molecular weight excluding hydrogens is 360 g/mol. The van der Waals surface area contributed by atoms with Crippen LogP contribution in [-0.2, 0) is 9.78 Å². The first-order chi connectivity index (χ1) is 13.7. The molecule has 28 heavy (non-hydrogen) atoms. The molecule has 6 heteroatoms. The molecule has 0 spiro atoms. The third-order valence-electron chi connectivity index (χ3n) is 5.05. The van der Waals surface area contributed by atoms with Crippen LogP contribution in [0, 0.1) is 6.10 Å². The van der Waals surface area contributed by atoms with Crippen molar-refractivity contribution in [3.8, 4) is 17.2 Å². The van der Waals surface area contributed by atoms with Crippen LogP contribution in [-0.4, -0.2) is 27.3 Å². The minimum Gasteiger partial charge on any atom is -0.493 e. The molecule has 0 aromatic heterocycles. The third-order valence-corrected chi connectivity index (χ3v) is 5.05. The Labute approximate surface area is 168 Å². The van der Waals surface area contributed by atoms with Crippen LogP contribution in [0.4, 0.5) is 0 Å². The van der Waals surface area contributed by atoms with Crippen LogP contribution in [0.2, 0.25) is 0 Å². The van der Waals surface area contributed by atoms with Crippen molar-refractivity contribution in [2.45, 2.75) is 70.6 Å². The minimum atomic E-state index is -0.585. The van der Waals surface area contributed by atoms with E-state index in [9.17, 15) is 4.79 Å². The molecule has 0 aliphatic heterocycles. The zero-order valence-corrected chi connectivity index (χ0v) is 17.4. The second-order valence-electron chi connectivity index (χ2n) is 7.09. The Kier molecular flexibility index (Phi) is 9.97. The largest absolute Gasteiger partial charge is 0.493 e. The van der Waals surface area contributed by atoms with Gasteiger partial charge in [0.2, 0.25) is 5.75 Å². The molecule has 1 aliphatic rings. The molecule has 0 N–H and O–H groups in total. The first kappa shape index (κ1) is 22.3. The van der Waals surface area contributed by atoms with Crippen molar-refractivity contribution < 1.29 is 28.8 Å². The molecule has 0 atom stereocenters. The summed E-state index contributed by atoms with van der Waals surface area (Å²) >= 11 is 0. The van der Waals surface area contributed by atoms with Crippen LogP contribution in [0.1, 0.15) is 81.0 Å². The van der Waals surface area contributed by atoms with Crippen molar-refractivity contribution >= 4 is 5.97 Å². The monoisotopic (exact) mass is 393 g/mol. The SMILES string of the molecule is COc1cc(C(=O)OO[C]2CCCCCCCCCCC2)cc(OC)c1OC. The average Bonchev–Trinajstić information content (AvgIpc) is 2.71. The van der Waals surface area contributed by atoms with Gasteiger partial charge in [-0.25, -0.2) is 4.79 Å². The van der Waals surface area contributed by atoms with Crippen molar-refractivity contribution in [2.24, 2.45) is 0 Å². The fourth-order valence-corrected chi connectivity index (χ4v) is 3.43. The molecular formula is C22H33O6. The number of ether oxygens (including phenoxy) is 3. The zero-order chi connectivity index (χ0) is 20.2. The molecule has 1 saturated carbocycles. The quantitative estimate of drug-likeness (QED) is 0.460. The van der Waals surface area contributed by atoms with Gasteiger partial charge < -0.3 is 14.2 Å². The topological polar surface area (TPSA) is 63.2 Å². The van der Waals surface area contributed by atoms with Gasteiger partial charge in [-0.15, -0.1) is 0 Å². The molecule has 0 heterocycles. The maximum atomic E-state index is 12.5. The molecule has 0 unspecified atom stereocenters. The molecule has 0 bridgehead atoms. The van der Waals surface area contributed by atoms with Crippen molar-refractivity contribution in [3.63, 3.8) is 0 Å². The van der Waals surface area contributed by atoms with Gasteiger partial charge in [-0.3, -0.25) is 4.89 Å². The van der Waals surface area contributed by atoms with Crippen LogP contribution in [0.25, 0.3) is 0 Å². The van der Waals surface area contributed by atoms with E-state index in [1.165, 1.54) is 66.3 Å². The van der Waals surface area contributed by atoms with E-state index in [1.807, 2.05) is 0 Å². The van der Waals surface area contributed by atoms with Crippen LogP contribution in [0.15, 0.2) is 12.1 Å². The standard InChI is InChI=1S/C22H33O6/c1-24-19-15-17(16-20(25-2)21(19)26-3)22(23)28-27-18-13-11-9-7-5-4-6-8-10-12-14-18/h15-16H,4-14H2,1-3H3. The first-order valence-corrected chi connectivity index (χ1v) is 10.2. The Balaban J connectivity index is 1.96. The van der Waals surface area contributed by atoms with Gasteiger partial charge in [-0.1, -0.05) is 57.8 Å². The fraction of sp³-hybridized carbons (Fsp3) is 0.636. The van der Waals surface area contributed by atoms with E-state index in [0.717, 1.165) is 31.8 Å². The van der Waals surface area contributed by atoms with Crippen LogP contribution in [0.5, 0.6) is 17.2 Å². The van der Waals surface area contributed by atoms with Crippen LogP contribution >= 0.6 is 0 Å². The molecule has 1 aromatic rings. The van der Waals surface area contributed by atoms with Crippen LogP contribution < -0.4 is 14.2 Å². The number of hydrogen-bond acceptors (Lipinski definition) is 6. The maximum Gasteiger partial charge on any atom is 0.373 e. The maximum absolute atomic E-state index is 12.5. The van der Waals surface area contributed by atoms with Crippen molar-refractivity contribution in [2.75, 3.05) is 21.3 Å². The summed E-state index contributed by atoms with van der Waals surface area (Å²) in [7, 11) is 4.52. The highest BCUT2D eigenvalue weighted by Gasteiger charge is 2.20. The number of rotatable bonds is 6. The Bertz CT molecular complexity index is 564. The predicted octanol–water partition coefficient (Wildman–Crippen LogP) is 5.64. The predicted molar refractivity (Wildman–Crippen MR) is 107 cm³/mol. The van der Waals surface area contributed by atoms with E-state index >= 15 is 0 Å². The highest BCUT2D eigenvalue weighted by Crippen LogP contribution is 2.38. The van der Waals surface area contributed by atoms with E-state index in [1.54, 1.807) is 12.1 Å². The lowest BCUT2D eigenvalue weighted by molar-refractivity contribution is -0.237. The van der Waals surface area contributed by atoms with Gasteiger partial charge in [0.25, 0.3) is 0 Å². The van der Waals surface area contributed by atoms with Crippen molar-refractivity contribution in [3.05, 3.63) is 23.8 Å². The highest BCUT2D eigenvalue weighted by atomic mass is 17.2. The molecule has 1 aromatic carbocycles. The summed E-state index contributed by atoms with van der Waals surface area (Å²) in [5, 5.41) is 0. The van der Waals surface area contributed by atoms with Gasteiger partial charge in [0.15, 0.2) is 11.5 Å². The van der Waals surface area contributed by atoms with Crippen LogP contribution in [0.3, 0.4) is 0 Å². The molecule has 157 valence electrons. The Morgan fingerprint density at radius 2 is 1.18 bits per heavy atom. The van der Waals surface area contributed by atoms with E-state index in [2.05, 4.69) is 0 Å². The van der Waals surface area contributed by atoms with E-state index in [-0.39, 0.29) is 5.56 Å². The number of carbonyl (C=O) groups excluding carboxylic acids is 1. The second kappa shape index (κ2) is 12.5. The molecule has 2 rings (SSSR count). The summed E-state index contributed by atoms with van der Waals surface area (Å²) in [4.78, 5) is 23.1. The smallest absolute Gasteiger partial charge is 0.373 e. The van der Waals surface area contributed by atoms with Gasteiger partial charge in [-0.2, -0.15) is 4.89 Å². The van der Waals surface area contributed by atoms with E-state index in [4.69, 9.17) is 24.0 Å². The Morgan fingerprint density at radius 1 is 0.714 bits per heavy atom. The van der Waals surface area contributed by atoms with E-state index < -0.39 is 5.97 Å².